The van der Waals surface area contributed by atoms with Crippen LogP contribution in [0.25, 0.3) is 0 Å². The Morgan fingerprint density at radius 2 is 1.65 bits per heavy atom. The van der Waals surface area contributed by atoms with Crippen LogP contribution in [0, 0.1) is 0 Å². The minimum absolute atomic E-state index is 0.0141. The van der Waals surface area contributed by atoms with Gasteiger partial charge >= 0.3 is 0 Å². The molecule has 2 aromatic carbocycles. The van der Waals surface area contributed by atoms with Gasteiger partial charge in [-0.3, -0.25) is 0 Å². The van der Waals surface area contributed by atoms with Gasteiger partial charge in [-0.15, -0.1) is 0 Å². The van der Waals surface area contributed by atoms with E-state index >= 15 is 0 Å². The summed E-state index contributed by atoms with van der Waals surface area (Å²) in [5.41, 5.74) is 6.47. The zero-order valence-corrected chi connectivity index (χ0v) is 11.5. The lowest BCUT2D eigenvalue weighted by atomic mass is 10.1. The Balaban J connectivity index is 2.09. The third-order valence-corrected chi connectivity index (χ3v) is 4.36. The van der Waals surface area contributed by atoms with Gasteiger partial charge in [0, 0.05) is 6.54 Å². The topological polar surface area (TPSA) is 92.4 Å². The molecule has 0 heterocycles. The quantitative estimate of drug-likeness (QED) is 0.724. The maximum atomic E-state index is 12.1. The second-order valence-electron chi connectivity index (χ2n) is 4.32. The predicted molar refractivity (Wildman–Crippen MR) is 77.4 cm³/mol. The Hall–Kier alpha value is -1.89. The van der Waals surface area contributed by atoms with Crippen LogP contribution < -0.4 is 10.5 Å². The van der Waals surface area contributed by atoms with Crippen LogP contribution in [-0.4, -0.2) is 20.1 Å². The number of hydrogen-bond acceptors (Lipinski definition) is 4. The van der Waals surface area contributed by atoms with Gasteiger partial charge in [-0.2, -0.15) is 0 Å². The molecule has 2 aromatic rings. The maximum absolute atomic E-state index is 12.1. The molecular weight excluding hydrogens is 276 g/mol. The Morgan fingerprint density at radius 1 is 1.05 bits per heavy atom. The molecule has 0 aliphatic rings. The van der Waals surface area contributed by atoms with E-state index in [1.807, 2.05) is 6.07 Å². The van der Waals surface area contributed by atoms with Crippen LogP contribution in [0.5, 0.6) is 0 Å². The molecule has 20 heavy (non-hydrogen) atoms. The molecule has 0 aromatic heterocycles. The van der Waals surface area contributed by atoms with E-state index in [4.69, 9.17) is 5.73 Å². The number of nitrogens with two attached hydrogens (primary N) is 1. The summed E-state index contributed by atoms with van der Waals surface area (Å²) in [6.45, 7) is -0.110. The first kappa shape index (κ1) is 14.5. The predicted octanol–water partition coefficient (Wildman–Crippen LogP) is 1.28. The van der Waals surface area contributed by atoms with Crippen molar-refractivity contribution in [3.8, 4) is 0 Å². The highest BCUT2D eigenvalue weighted by molar-refractivity contribution is 7.89. The van der Waals surface area contributed by atoms with Gasteiger partial charge in [-0.05, 0) is 17.7 Å². The second-order valence-corrected chi connectivity index (χ2v) is 6.05. The van der Waals surface area contributed by atoms with E-state index in [-0.39, 0.29) is 17.1 Å². The Morgan fingerprint density at radius 3 is 2.30 bits per heavy atom. The molecule has 0 bridgehead atoms. The molecule has 106 valence electrons. The molecule has 0 radical (unpaired) electrons. The van der Waals surface area contributed by atoms with Crippen molar-refractivity contribution in [1.82, 2.24) is 4.72 Å². The van der Waals surface area contributed by atoms with Crippen LogP contribution in [0.1, 0.15) is 11.7 Å². The van der Waals surface area contributed by atoms with E-state index in [9.17, 15) is 13.5 Å². The summed E-state index contributed by atoms with van der Waals surface area (Å²) in [4.78, 5) is 0.0141. The highest BCUT2D eigenvalue weighted by Gasteiger charge is 2.18. The molecule has 0 spiro atoms. The summed E-state index contributed by atoms with van der Waals surface area (Å²) in [5, 5.41) is 9.94. The van der Waals surface area contributed by atoms with E-state index in [2.05, 4.69) is 4.72 Å². The third kappa shape index (κ3) is 3.36. The average molecular weight is 292 g/mol. The molecule has 2 rings (SSSR count). The lowest BCUT2D eigenvalue weighted by Crippen LogP contribution is -2.29. The van der Waals surface area contributed by atoms with E-state index < -0.39 is 16.1 Å². The highest BCUT2D eigenvalue weighted by Crippen LogP contribution is 2.18. The molecular formula is C14H16N2O3S. The Bertz CT molecular complexity index is 672. The molecule has 0 amide bonds. The number of sulfonamides is 1. The SMILES string of the molecule is Nc1ccccc1S(=O)(=O)NCC(O)c1ccccc1. The zero-order chi connectivity index (χ0) is 14.6. The molecule has 0 fully saturated rings. The van der Waals surface area contributed by atoms with Gasteiger partial charge in [0.15, 0.2) is 0 Å². The first-order valence-corrected chi connectivity index (χ1v) is 7.56. The Kier molecular flexibility index (Phi) is 4.39. The number of rotatable bonds is 5. The van der Waals surface area contributed by atoms with E-state index in [1.54, 1.807) is 36.4 Å². The fourth-order valence-electron chi connectivity index (χ4n) is 1.78. The van der Waals surface area contributed by atoms with Gasteiger partial charge in [-0.1, -0.05) is 42.5 Å². The van der Waals surface area contributed by atoms with Crippen molar-refractivity contribution >= 4 is 15.7 Å². The van der Waals surface area contributed by atoms with Crippen molar-refractivity contribution in [3.63, 3.8) is 0 Å². The summed E-state index contributed by atoms with van der Waals surface area (Å²) in [5.74, 6) is 0. The Labute approximate surface area is 118 Å². The van der Waals surface area contributed by atoms with Crippen molar-refractivity contribution in [2.75, 3.05) is 12.3 Å². The molecule has 1 unspecified atom stereocenters. The number of aliphatic hydroxyl groups is 1. The summed E-state index contributed by atoms with van der Waals surface area (Å²) in [6, 6.07) is 15.0. The first-order chi connectivity index (χ1) is 9.50. The second kappa shape index (κ2) is 6.04. The average Bonchev–Trinajstić information content (AvgIpc) is 2.46. The molecule has 5 nitrogen and oxygen atoms in total. The van der Waals surface area contributed by atoms with Crippen molar-refractivity contribution in [2.24, 2.45) is 0 Å². The summed E-state index contributed by atoms with van der Waals surface area (Å²) in [6.07, 6.45) is -0.907. The van der Waals surface area contributed by atoms with Gasteiger partial charge in [0.1, 0.15) is 4.90 Å². The van der Waals surface area contributed by atoms with Crippen LogP contribution in [0.3, 0.4) is 0 Å². The number of para-hydroxylation sites is 1. The van der Waals surface area contributed by atoms with Crippen molar-refractivity contribution in [2.45, 2.75) is 11.0 Å². The van der Waals surface area contributed by atoms with Gasteiger partial charge in [-0.25, -0.2) is 13.1 Å². The van der Waals surface area contributed by atoms with E-state index in [1.165, 1.54) is 12.1 Å². The highest BCUT2D eigenvalue weighted by atomic mass is 32.2. The summed E-state index contributed by atoms with van der Waals surface area (Å²) < 4.78 is 26.5. The molecule has 0 aliphatic carbocycles. The van der Waals surface area contributed by atoms with Crippen LogP contribution in [-0.2, 0) is 10.0 Å². The first-order valence-electron chi connectivity index (χ1n) is 6.08. The minimum Gasteiger partial charge on any atom is -0.398 e. The van der Waals surface area contributed by atoms with Gasteiger partial charge in [0.2, 0.25) is 10.0 Å². The van der Waals surface area contributed by atoms with Gasteiger partial charge in [0.05, 0.1) is 11.8 Å². The van der Waals surface area contributed by atoms with E-state index in [0.717, 1.165) is 0 Å². The number of nitrogen functional groups attached to an aromatic ring is 1. The molecule has 4 N–H and O–H groups in total. The fraction of sp³-hybridized carbons (Fsp3) is 0.143. The normalized spacial score (nSPS) is 13.1. The third-order valence-electron chi connectivity index (χ3n) is 2.86. The molecule has 0 aliphatic heterocycles. The smallest absolute Gasteiger partial charge is 0.242 e. The van der Waals surface area contributed by atoms with Crippen LogP contribution in [0.2, 0.25) is 0 Å². The number of nitrogens with one attached hydrogen (secondary N) is 1. The minimum atomic E-state index is -3.73. The van der Waals surface area contributed by atoms with Gasteiger partial charge in [0.25, 0.3) is 0 Å². The lowest BCUT2D eigenvalue weighted by molar-refractivity contribution is 0.182. The van der Waals surface area contributed by atoms with Crippen LogP contribution in [0.4, 0.5) is 5.69 Å². The van der Waals surface area contributed by atoms with Crippen molar-refractivity contribution in [3.05, 3.63) is 60.2 Å². The number of anilines is 1. The molecule has 0 saturated carbocycles. The summed E-state index contributed by atoms with van der Waals surface area (Å²) >= 11 is 0. The van der Waals surface area contributed by atoms with Gasteiger partial charge < -0.3 is 10.8 Å². The van der Waals surface area contributed by atoms with Crippen molar-refractivity contribution < 1.29 is 13.5 Å². The van der Waals surface area contributed by atoms with Crippen molar-refractivity contribution in [1.29, 1.82) is 0 Å². The standard InChI is InChI=1S/C14H16N2O3S/c15-12-8-4-5-9-14(12)20(18,19)16-10-13(17)11-6-2-1-3-7-11/h1-9,13,16-17H,10,15H2. The lowest BCUT2D eigenvalue weighted by Gasteiger charge is -2.13. The number of aliphatic hydroxyl groups excluding tert-OH is 1. The largest absolute Gasteiger partial charge is 0.398 e. The molecule has 1 atom stereocenters. The number of benzene rings is 2. The van der Waals surface area contributed by atoms with E-state index in [0.29, 0.717) is 5.56 Å². The zero-order valence-electron chi connectivity index (χ0n) is 10.7. The maximum Gasteiger partial charge on any atom is 0.242 e. The van der Waals surface area contributed by atoms with Crippen LogP contribution >= 0.6 is 0 Å². The van der Waals surface area contributed by atoms with Crippen LogP contribution in [0.15, 0.2) is 59.5 Å². The molecule has 0 saturated heterocycles. The number of hydrogen-bond donors (Lipinski definition) is 3. The molecule has 6 heteroatoms. The monoisotopic (exact) mass is 292 g/mol. The summed E-state index contributed by atoms with van der Waals surface area (Å²) in [7, 11) is -3.73. The fourth-order valence-corrected chi connectivity index (χ4v) is 2.95.